The normalized spacial score (nSPS) is 23.1. The van der Waals surface area contributed by atoms with E-state index >= 15 is 0 Å². The molecule has 0 amide bonds. The van der Waals surface area contributed by atoms with Crippen LogP contribution in [0.15, 0.2) is 22.7 Å². The van der Waals surface area contributed by atoms with E-state index in [0.29, 0.717) is 5.92 Å². The average molecular weight is 327 g/mol. The molecule has 1 N–H and O–H groups in total. The molecule has 2 fully saturated rings. The largest absolute Gasteiger partial charge is 0.314 e. The molecule has 3 rings (SSSR count). The van der Waals surface area contributed by atoms with E-state index in [-0.39, 0.29) is 11.9 Å². The summed E-state index contributed by atoms with van der Waals surface area (Å²) in [7, 11) is 0. The first-order valence-electron chi connectivity index (χ1n) is 7.16. The van der Waals surface area contributed by atoms with E-state index in [4.69, 9.17) is 0 Å². The second-order valence-electron chi connectivity index (χ2n) is 5.56. The van der Waals surface area contributed by atoms with Gasteiger partial charge in [-0.15, -0.1) is 0 Å². The van der Waals surface area contributed by atoms with Crippen molar-refractivity contribution in [1.82, 2.24) is 10.2 Å². The molecule has 2 nitrogen and oxygen atoms in total. The molecule has 2 aliphatic rings. The van der Waals surface area contributed by atoms with Crippen LogP contribution in [0, 0.1) is 11.7 Å². The maximum atomic E-state index is 14.3. The van der Waals surface area contributed by atoms with Gasteiger partial charge in [0.05, 0.1) is 0 Å². The summed E-state index contributed by atoms with van der Waals surface area (Å²) >= 11 is 3.55. The fourth-order valence-corrected chi connectivity index (χ4v) is 3.80. The molecular formula is C15H20BrFN2. The zero-order valence-electron chi connectivity index (χ0n) is 11.0. The van der Waals surface area contributed by atoms with E-state index in [1.54, 1.807) is 12.1 Å². The van der Waals surface area contributed by atoms with Crippen molar-refractivity contribution in [2.75, 3.05) is 26.2 Å². The third-order valence-electron chi connectivity index (χ3n) is 4.44. The lowest BCUT2D eigenvalue weighted by atomic mass is 9.76. The number of halogens is 2. The quantitative estimate of drug-likeness (QED) is 0.916. The Kier molecular flexibility index (Phi) is 4.20. The minimum absolute atomic E-state index is 0.0650. The molecule has 1 aromatic rings. The molecule has 1 atom stereocenters. The molecule has 1 aliphatic carbocycles. The fourth-order valence-electron chi connectivity index (χ4n) is 3.23. The van der Waals surface area contributed by atoms with Crippen LogP contribution in [0.1, 0.15) is 30.9 Å². The predicted octanol–water partition coefficient (Wildman–Crippen LogP) is 3.33. The van der Waals surface area contributed by atoms with Crippen LogP contribution in [0.25, 0.3) is 0 Å². The summed E-state index contributed by atoms with van der Waals surface area (Å²) in [5, 5.41) is 3.38. The van der Waals surface area contributed by atoms with Crippen molar-refractivity contribution in [3.63, 3.8) is 0 Å². The second-order valence-corrected chi connectivity index (χ2v) is 6.41. The Bertz CT molecular complexity index is 422. The van der Waals surface area contributed by atoms with Crippen molar-refractivity contribution in [2.24, 2.45) is 5.92 Å². The Labute approximate surface area is 122 Å². The van der Waals surface area contributed by atoms with Gasteiger partial charge in [-0.25, -0.2) is 4.39 Å². The topological polar surface area (TPSA) is 15.3 Å². The number of hydrogen-bond donors (Lipinski definition) is 1. The van der Waals surface area contributed by atoms with E-state index in [1.165, 1.54) is 19.3 Å². The number of nitrogens with one attached hydrogen (secondary N) is 1. The molecule has 1 saturated heterocycles. The van der Waals surface area contributed by atoms with Crippen LogP contribution in [0.2, 0.25) is 0 Å². The summed E-state index contributed by atoms with van der Waals surface area (Å²) in [6, 6.07) is 5.57. The zero-order chi connectivity index (χ0) is 13.2. The van der Waals surface area contributed by atoms with Crippen molar-refractivity contribution in [3.8, 4) is 0 Å². The van der Waals surface area contributed by atoms with Gasteiger partial charge in [0.25, 0.3) is 0 Å². The van der Waals surface area contributed by atoms with Crippen LogP contribution in [0.4, 0.5) is 4.39 Å². The van der Waals surface area contributed by atoms with E-state index in [1.807, 2.05) is 6.07 Å². The molecule has 104 valence electrons. The van der Waals surface area contributed by atoms with Crippen molar-refractivity contribution in [1.29, 1.82) is 0 Å². The first-order chi connectivity index (χ1) is 9.27. The third kappa shape index (κ3) is 2.71. The van der Waals surface area contributed by atoms with E-state index < -0.39 is 0 Å². The molecule has 1 saturated carbocycles. The minimum Gasteiger partial charge on any atom is -0.314 e. The SMILES string of the molecule is Fc1cccc(Br)c1[C@H](C1CCC1)N1CCNCC1. The zero-order valence-corrected chi connectivity index (χ0v) is 12.6. The van der Waals surface area contributed by atoms with Gasteiger partial charge in [0.1, 0.15) is 5.82 Å². The van der Waals surface area contributed by atoms with E-state index in [2.05, 4.69) is 26.1 Å². The highest BCUT2D eigenvalue weighted by Gasteiger charge is 2.36. The number of benzene rings is 1. The number of piperazine rings is 1. The molecule has 19 heavy (non-hydrogen) atoms. The molecular weight excluding hydrogens is 307 g/mol. The Morgan fingerprint density at radius 2 is 2.00 bits per heavy atom. The summed E-state index contributed by atoms with van der Waals surface area (Å²) < 4.78 is 15.2. The molecule has 1 aliphatic heterocycles. The van der Waals surface area contributed by atoms with Crippen LogP contribution < -0.4 is 5.32 Å². The summed E-state index contributed by atoms with van der Waals surface area (Å²) in [4.78, 5) is 2.46. The molecule has 0 aromatic heterocycles. The highest BCUT2D eigenvalue weighted by atomic mass is 79.9. The Balaban J connectivity index is 1.93. The van der Waals surface area contributed by atoms with Gasteiger partial charge in [0, 0.05) is 42.3 Å². The summed E-state index contributed by atoms with van der Waals surface area (Å²) in [5.74, 6) is 0.552. The molecule has 1 aromatic carbocycles. The lowest BCUT2D eigenvalue weighted by Gasteiger charge is -2.43. The molecule has 4 heteroatoms. The summed E-state index contributed by atoms with van der Waals surface area (Å²) in [5.41, 5.74) is 0.870. The second kappa shape index (κ2) is 5.90. The van der Waals surface area contributed by atoms with Gasteiger partial charge in [-0.3, -0.25) is 4.90 Å². The van der Waals surface area contributed by atoms with Gasteiger partial charge in [-0.05, 0) is 30.9 Å². The van der Waals surface area contributed by atoms with Gasteiger partial charge in [0.2, 0.25) is 0 Å². The Hall–Kier alpha value is -0.450. The lowest BCUT2D eigenvalue weighted by Crippen LogP contribution is -2.48. The van der Waals surface area contributed by atoms with E-state index in [9.17, 15) is 4.39 Å². The van der Waals surface area contributed by atoms with Crippen LogP contribution >= 0.6 is 15.9 Å². The summed E-state index contributed by atoms with van der Waals surface area (Å²) in [6.07, 6.45) is 3.75. The number of nitrogens with zero attached hydrogens (tertiary/aromatic N) is 1. The molecule has 0 radical (unpaired) electrons. The lowest BCUT2D eigenvalue weighted by molar-refractivity contribution is 0.0807. The van der Waals surface area contributed by atoms with Gasteiger partial charge >= 0.3 is 0 Å². The smallest absolute Gasteiger partial charge is 0.129 e. The van der Waals surface area contributed by atoms with Crippen LogP contribution in [0.3, 0.4) is 0 Å². The fraction of sp³-hybridized carbons (Fsp3) is 0.600. The first kappa shape index (κ1) is 13.5. The van der Waals surface area contributed by atoms with Gasteiger partial charge in [-0.1, -0.05) is 28.4 Å². The first-order valence-corrected chi connectivity index (χ1v) is 7.95. The maximum absolute atomic E-state index is 14.3. The van der Waals surface area contributed by atoms with Crippen LogP contribution in [-0.2, 0) is 0 Å². The van der Waals surface area contributed by atoms with Crippen molar-refractivity contribution in [2.45, 2.75) is 25.3 Å². The number of rotatable bonds is 3. The Morgan fingerprint density at radius 3 is 2.58 bits per heavy atom. The van der Waals surface area contributed by atoms with Gasteiger partial charge in [-0.2, -0.15) is 0 Å². The molecule has 0 spiro atoms. The standard InChI is InChI=1S/C15H20BrFN2/c16-12-5-2-6-13(17)14(12)15(11-3-1-4-11)19-9-7-18-8-10-19/h2,5-6,11,15,18H,1,3-4,7-10H2/t15-/m0/s1. The summed E-state index contributed by atoms with van der Waals surface area (Å²) in [6.45, 7) is 4.05. The minimum atomic E-state index is -0.0650. The predicted molar refractivity (Wildman–Crippen MR) is 78.6 cm³/mol. The van der Waals surface area contributed by atoms with Crippen molar-refractivity contribution < 1.29 is 4.39 Å². The molecule has 0 unspecified atom stereocenters. The van der Waals surface area contributed by atoms with Gasteiger partial charge in [0.15, 0.2) is 0 Å². The third-order valence-corrected chi connectivity index (χ3v) is 5.13. The maximum Gasteiger partial charge on any atom is 0.129 e. The van der Waals surface area contributed by atoms with Gasteiger partial charge < -0.3 is 5.32 Å². The monoisotopic (exact) mass is 326 g/mol. The highest BCUT2D eigenvalue weighted by Crippen LogP contribution is 2.44. The van der Waals surface area contributed by atoms with Crippen molar-refractivity contribution in [3.05, 3.63) is 34.1 Å². The highest BCUT2D eigenvalue weighted by molar-refractivity contribution is 9.10. The van der Waals surface area contributed by atoms with Crippen LogP contribution in [-0.4, -0.2) is 31.1 Å². The van der Waals surface area contributed by atoms with E-state index in [0.717, 1.165) is 36.2 Å². The molecule has 1 heterocycles. The van der Waals surface area contributed by atoms with Crippen molar-refractivity contribution >= 4 is 15.9 Å². The van der Waals surface area contributed by atoms with Crippen LogP contribution in [0.5, 0.6) is 0 Å². The molecule has 0 bridgehead atoms. The number of hydrogen-bond acceptors (Lipinski definition) is 2. The average Bonchev–Trinajstić information content (AvgIpc) is 2.36. The Morgan fingerprint density at radius 1 is 1.26 bits per heavy atom.